The van der Waals surface area contributed by atoms with E-state index in [9.17, 15) is 28.8 Å². The number of carbonyl (C=O) groups excluding carboxylic acids is 6. The average molecular weight is 1770 g/mol. The summed E-state index contributed by atoms with van der Waals surface area (Å²) in [6.07, 6.45) is 38.1. The summed E-state index contributed by atoms with van der Waals surface area (Å²) in [4.78, 5) is 82.1. The van der Waals surface area contributed by atoms with Gasteiger partial charge >= 0.3 is 35.8 Å². The first-order valence-electron chi connectivity index (χ1n) is 49.1. The minimum absolute atomic E-state index is 0.326. The Bertz CT molecular complexity index is 4560. The Balaban J connectivity index is 1.18. The third-order valence-corrected chi connectivity index (χ3v) is 23.8. The van der Waals surface area contributed by atoms with Crippen LogP contribution in [0.3, 0.4) is 0 Å². The molecule has 0 aliphatic carbocycles. The average Bonchev–Trinajstić information content (AvgIpc) is 0.789. The molecule has 0 N–H and O–H groups in total. The largest absolute Gasteiger partial charge is 0.462 e. The van der Waals surface area contributed by atoms with E-state index in [1.54, 1.807) is 72.8 Å². The fraction of sp³-hybridized carbons (Fsp3) is 0.400. The van der Waals surface area contributed by atoms with E-state index in [0.717, 1.165) is 259 Å². The predicted octanol–water partition coefficient (Wildman–Crippen LogP) is 31.2. The number of carbonyl (C=O) groups is 6. The number of rotatable bonds is 54. The second kappa shape index (κ2) is 58.0. The van der Waals surface area contributed by atoms with Crippen LogP contribution in [0.1, 0.15) is 335 Å². The lowest BCUT2D eigenvalue weighted by atomic mass is 9.91. The number of benzene rings is 9. The van der Waals surface area contributed by atoms with Gasteiger partial charge in [-0.3, -0.25) is 0 Å². The summed E-state index contributed by atoms with van der Waals surface area (Å²) in [5.41, 5.74) is 11.5. The lowest BCUT2D eigenvalue weighted by Gasteiger charge is -2.13. The third kappa shape index (κ3) is 33.2. The van der Waals surface area contributed by atoms with E-state index >= 15 is 0 Å². The zero-order valence-corrected chi connectivity index (χ0v) is 78.9. The molecule has 0 heterocycles. The highest BCUT2D eigenvalue weighted by atomic mass is 16.6. The van der Waals surface area contributed by atoms with Crippen LogP contribution in [-0.4, -0.2) is 75.5 Å². The van der Waals surface area contributed by atoms with Crippen molar-refractivity contribution < 1.29 is 57.2 Å². The first-order valence-corrected chi connectivity index (χ1v) is 49.1. The maximum Gasteiger partial charge on any atom is 0.338 e. The lowest BCUT2D eigenvalue weighted by Crippen LogP contribution is -2.06. The van der Waals surface area contributed by atoms with Crippen LogP contribution in [-0.2, 0) is 28.4 Å². The van der Waals surface area contributed by atoms with Gasteiger partial charge in [-0.15, -0.1) is 0 Å². The van der Waals surface area contributed by atoms with Crippen LogP contribution in [0.25, 0.3) is 99.1 Å². The molecule has 0 atom stereocenters. The molecule has 10 rings (SSSR count). The van der Waals surface area contributed by atoms with E-state index in [0.29, 0.717) is 105 Å². The van der Waals surface area contributed by atoms with E-state index in [1.807, 2.05) is 109 Å². The third-order valence-electron chi connectivity index (χ3n) is 23.8. The molecular weight excluding hydrogens is 1630 g/mol. The molecule has 0 bridgehead atoms. The maximum absolute atomic E-state index is 13.7. The van der Waals surface area contributed by atoms with Crippen molar-refractivity contribution in [1.29, 1.82) is 0 Å². The Labute approximate surface area is 787 Å². The molecule has 12 heteroatoms. The molecule has 0 saturated heterocycles. The van der Waals surface area contributed by atoms with Crippen LogP contribution in [0.4, 0.5) is 0 Å². The minimum atomic E-state index is -0.407. The Morgan fingerprint density at radius 3 is 0.424 bits per heavy atom. The van der Waals surface area contributed by atoms with Crippen molar-refractivity contribution in [3.05, 3.63) is 288 Å². The number of unbranched alkanes of at least 4 members (excludes halogenated alkanes) is 30. The van der Waals surface area contributed by atoms with Crippen LogP contribution >= 0.6 is 0 Å². The molecule has 0 fully saturated rings. The molecule has 132 heavy (non-hydrogen) atoms. The SMILES string of the molecule is CCCCCCCCOC(=O)c1ccc(-c2cc3c#cc#cc4cc(-c5ccc(C(=O)OCCCCCCCC)cc5)c(-c5ccc(C(=O)OCCCCCCCC)cc5)cc4c#cc#cc4cc(-c5ccc(C(=O)OCCCCCCCC)cc5)c(-c5ccc(C(=O)OCCCCCCCC)cc5)cc4c#cc#cc3cc2-c2ccc(C(=O)OCCCCCCCC)cc2)cc1. The molecule has 0 amide bonds. The van der Waals surface area contributed by atoms with Gasteiger partial charge in [0.2, 0.25) is 0 Å². The summed E-state index contributed by atoms with van der Waals surface area (Å²) in [6, 6.07) is 95.6. The molecule has 684 valence electrons. The maximum atomic E-state index is 13.7. The molecule has 0 radical (unpaired) electrons. The van der Waals surface area contributed by atoms with Gasteiger partial charge in [-0.05, 0) is 251 Å². The van der Waals surface area contributed by atoms with Gasteiger partial charge < -0.3 is 28.4 Å². The van der Waals surface area contributed by atoms with E-state index in [-0.39, 0.29) is 0 Å². The quantitative estimate of drug-likeness (QED) is 0.0202. The van der Waals surface area contributed by atoms with Crippen molar-refractivity contribution in [3.8, 4) is 66.8 Å². The topological polar surface area (TPSA) is 158 Å². The Morgan fingerprint density at radius 2 is 0.295 bits per heavy atom. The van der Waals surface area contributed by atoms with Crippen LogP contribution in [0.5, 0.6) is 0 Å². The zero-order chi connectivity index (χ0) is 93.0. The smallest absolute Gasteiger partial charge is 0.338 e. The van der Waals surface area contributed by atoms with Crippen molar-refractivity contribution >= 4 is 68.1 Å². The van der Waals surface area contributed by atoms with Crippen molar-refractivity contribution in [2.45, 2.75) is 273 Å². The standard InChI is InChI=1S/C120H132O12/c1-7-13-19-25-31-43-79-127-115(121)97-67-55-91(56-68-97)109-85-103-49-37-38-51-105-87-111(93-59-71-99(72-60-93)117(123)129-81-45-33-27-21-15-9-3)113(95-63-75-101(76-64-95)119(125)131-83-47-35-29-23-17-11-5)89-107(105)53-41-42-54-108-90-114(96-65-77-102(78-66-96)120(126)132-84-48-36-30-24-18-12-6)112(94-61-73-100(74-62-94)118(124)130-82-46-34-28-22-16-10-4)88-106(108)52-40-39-50-104(103)86-110(109)92-57-69-98(70-58-92)116(122)128-80-44-32-26-20-14-8-2/h55-78,85-90H,7-36,43-48,79-84H2,1-6H3. The van der Waals surface area contributed by atoms with Crippen LogP contribution in [0.2, 0.25) is 0 Å². The fourth-order valence-corrected chi connectivity index (χ4v) is 15.9. The van der Waals surface area contributed by atoms with Gasteiger partial charge in [-0.1, -0.05) is 343 Å². The Hall–Kier alpha value is -12.8. The zero-order valence-electron chi connectivity index (χ0n) is 78.9. The van der Waals surface area contributed by atoms with Crippen molar-refractivity contribution in [2.24, 2.45) is 0 Å². The summed E-state index contributed by atoms with van der Waals surface area (Å²) < 4.78 is 34.9. The van der Waals surface area contributed by atoms with E-state index in [1.165, 1.54) is 38.5 Å². The highest BCUT2D eigenvalue weighted by Gasteiger charge is 2.20. The molecule has 12 nitrogen and oxygen atoms in total. The summed E-state index contributed by atoms with van der Waals surface area (Å²) in [7, 11) is 0. The number of esters is 6. The molecule has 10 aromatic rings. The molecule has 0 saturated carbocycles. The summed E-state index contributed by atoms with van der Waals surface area (Å²) in [6.45, 7) is 15.1. The lowest BCUT2D eigenvalue weighted by molar-refractivity contribution is 0.0488. The Kier molecular flexibility index (Phi) is 44.5. The molecule has 10 aromatic carbocycles. The van der Waals surface area contributed by atoms with E-state index in [2.05, 4.69) is 114 Å². The first-order chi connectivity index (χ1) is 64.8. The Morgan fingerprint density at radius 1 is 0.174 bits per heavy atom. The van der Waals surface area contributed by atoms with Gasteiger partial charge in [0, 0.05) is 32.3 Å². The summed E-state index contributed by atoms with van der Waals surface area (Å²) in [5, 5.41) is 3.07. The first kappa shape index (κ1) is 101. The second-order valence-corrected chi connectivity index (χ2v) is 34.2. The molecule has 0 aliphatic heterocycles. The number of ether oxygens (including phenoxy) is 6. The molecule has 0 aliphatic rings. The monoisotopic (exact) mass is 1760 g/mol. The number of fused-ring (bicyclic) bond motifs is 3. The summed E-state index contributed by atoms with van der Waals surface area (Å²) >= 11 is 0. The van der Waals surface area contributed by atoms with Crippen molar-refractivity contribution in [3.63, 3.8) is 0 Å². The molecular formula is C120H132O12. The van der Waals surface area contributed by atoms with Gasteiger partial charge in [0.1, 0.15) is 0 Å². The fourth-order valence-electron chi connectivity index (χ4n) is 15.9. The van der Waals surface area contributed by atoms with E-state index < -0.39 is 35.8 Å². The van der Waals surface area contributed by atoms with Gasteiger partial charge in [-0.25, -0.2) is 28.8 Å². The second-order valence-electron chi connectivity index (χ2n) is 34.2. The predicted molar refractivity (Wildman–Crippen MR) is 532 cm³/mol. The van der Waals surface area contributed by atoms with E-state index in [4.69, 9.17) is 28.4 Å². The molecule has 0 unspecified atom stereocenters. The van der Waals surface area contributed by atoms with Crippen LogP contribution in [0.15, 0.2) is 182 Å². The minimum Gasteiger partial charge on any atom is -0.462 e. The summed E-state index contributed by atoms with van der Waals surface area (Å²) in [5.74, 6) is -2.44. The highest BCUT2D eigenvalue weighted by molar-refractivity contribution is 6.01. The molecule has 0 spiro atoms. The van der Waals surface area contributed by atoms with Gasteiger partial charge in [-0.2, -0.15) is 0 Å². The molecule has 0 aromatic heterocycles. The van der Waals surface area contributed by atoms with Gasteiger partial charge in [0.25, 0.3) is 0 Å². The highest BCUT2D eigenvalue weighted by Crippen LogP contribution is 2.40. The number of hydrogen-bond donors (Lipinski definition) is 0. The number of hydrogen-bond acceptors (Lipinski definition) is 12. The van der Waals surface area contributed by atoms with Gasteiger partial charge in [0.15, 0.2) is 0 Å². The van der Waals surface area contributed by atoms with Crippen molar-refractivity contribution in [2.75, 3.05) is 39.6 Å². The van der Waals surface area contributed by atoms with Crippen molar-refractivity contribution in [1.82, 2.24) is 0 Å². The van der Waals surface area contributed by atoms with Gasteiger partial charge in [0.05, 0.1) is 73.0 Å². The van der Waals surface area contributed by atoms with Crippen LogP contribution < -0.4 is 0 Å². The van der Waals surface area contributed by atoms with Crippen LogP contribution in [0, 0.1) is 72.8 Å². The normalized spacial score (nSPS) is 10.7.